The van der Waals surface area contributed by atoms with E-state index < -0.39 is 11.6 Å². The summed E-state index contributed by atoms with van der Waals surface area (Å²) in [4.78, 5) is 41.7. The molecule has 7 heteroatoms. The van der Waals surface area contributed by atoms with Crippen molar-refractivity contribution in [1.29, 1.82) is 0 Å². The molecule has 1 N–H and O–H groups in total. The number of hydrogen-bond donors (Lipinski definition) is 1. The van der Waals surface area contributed by atoms with E-state index in [1.165, 1.54) is 0 Å². The smallest absolute Gasteiger partial charge is 0.325 e. The van der Waals surface area contributed by atoms with Crippen molar-refractivity contribution in [2.75, 3.05) is 13.6 Å². The fraction of sp³-hybridized carbons (Fsp3) is 0.316. The first-order valence-electron chi connectivity index (χ1n) is 8.50. The van der Waals surface area contributed by atoms with Crippen molar-refractivity contribution in [2.45, 2.75) is 24.9 Å². The van der Waals surface area contributed by atoms with E-state index in [9.17, 15) is 14.4 Å². The third-order valence-corrected chi connectivity index (χ3v) is 5.98. The number of thiophene rings is 1. The van der Waals surface area contributed by atoms with Gasteiger partial charge in [0.15, 0.2) is 0 Å². The molecule has 1 aliphatic carbocycles. The third-order valence-electron chi connectivity index (χ3n) is 5.11. The molecule has 2 aromatic rings. The highest BCUT2D eigenvalue weighted by atomic mass is 32.1. The van der Waals surface area contributed by atoms with Crippen LogP contribution in [-0.4, -0.2) is 41.2 Å². The summed E-state index contributed by atoms with van der Waals surface area (Å²) in [6.07, 6.45) is 1.27. The summed E-state index contributed by atoms with van der Waals surface area (Å²) in [6, 6.07) is 11.0. The second kappa shape index (κ2) is 6.25. The lowest BCUT2D eigenvalue weighted by molar-refractivity contribution is -0.138. The van der Waals surface area contributed by atoms with Crippen LogP contribution in [-0.2, 0) is 28.1 Å². The molecule has 0 radical (unpaired) electrons. The molecular weight excluding hydrogens is 350 g/mol. The molecule has 6 nitrogen and oxygen atoms in total. The fourth-order valence-electron chi connectivity index (χ4n) is 3.71. The first kappa shape index (κ1) is 16.8. The molecule has 1 saturated heterocycles. The molecule has 1 atom stereocenters. The van der Waals surface area contributed by atoms with E-state index in [-0.39, 0.29) is 18.4 Å². The molecule has 0 bridgehead atoms. The second-order valence-electron chi connectivity index (χ2n) is 6.71. The molecule has 4 amide bonds. The van der Waals surface area contributed by atoms with Crippen molar-refractivity contribution in [3.63, 3.8) is 0 Å². The van der Waals surface area contributed by atoms with Crippen LogP contribution in [0.2, 0.25) is 0 Å². The lowest BCUT2D eigenvalue weighted by atomic mass is 9.92. The van der Waals surface area contributed by atoms with Crippen molar-refractivity contribution in [2.24, 2.45) is 0 Å². The third kappa shape index (κ3) is 2.59. The van der Waals surface area contributed by atoms with Crippen LogP contribution < -0.4 is 5.32 Å². The minimum atomic E-state index is -1.01. The summed E-state index contributed by atoms with van der Waals surface area (Å²) in [5, 5.41) is 4.79. The first-order valence-corrected chi connectivity index (χ1v) is 9.38. The minimum Gasteiger partial charge on any atom is -0.339 e. The van der Waals surface area contributed by atoms with Crippen molar-refractivity contribution in [3.8, 4) is 0 Å². The van der Waals surface area contributed by atoms with Gasteiger partial charge >= 0.3 is 6.03 Å². The molecular formula is C19H19N3O3S. The van der Waals surface area contributed by atoms with Gasteiger partial charge in [-0.05, 0) is 35.4 Å². The van der Waals surface area contributed by atoms with E-state index in [2.05, 4.69) is 5.32 Å². The Morgan fingerprint density at radius 3 is 2.85 bits per heavy atom. The molecule has 2 heterocycles. The minimum absolute atomic E-state index is 0.240. The summed E-state index contributed by atoms with van der Waals surface area (Å²) in [5.41, 5.74) is 0.907. The largest absolute Gasteiger partial charge is 0.339 e. The highest BCUT2D eigenvalue weighted by molar-refractivity contribution is 7.09. The Hall–Kier alpha value is -2.67. The zero-order chi connectivity index (χ0) is 18.3. The van der Waals surface area contributed by atoms with E-state index in [1.54, 1.807) is 23.3 Å². The fourth-order valence-corrected chi connectivity index (χ4v) is 4.47. The highest BCUT2D eigenvalue weighted by Gasteiger charge is 2.55. The Kier molecular flexibility index (Phi) is 4.03. The summed E-state index contributed by atoms with van der Waals surface area (Å²) >= 11 is 1.57. The van der Waals surface area contributed by atoms with Crippen LogP contribution in [0.4, 0.5) is 4.79 Å². The van der Waals surface area contributed by atoms with Gasteiger partial charge in [0.25, 0.3) is 5.91 Å². The van der Waals surface area contributed by atoms with Crippen molar-refractivity contribution in [1.82, 2.24) is 15.1 Å². The molecule has 1 fully saturated rings. The number of amides is 4. The number of imide groups is 1. The maximum Gasteiger partial charge on any atom is 0.325 e. The SMILES string of the molecule is CN(Cc1cccs1)C(=O)CN1C(=O)NC2(CCc3ccccc32)C1=O. The summed E-state index contributed by atoms with van der Waals surface area (Å²) < 4.78 is 0. The van der Waals surface area contributed by atoms with Crippen LogP contribution in [0.25, 0.3) is 0 Å². The predicted molar refractivity (Wildman–Crippen MR) is 97.5 cm³/mol. The van der Waals surface area contributed by atoms with Crippen LogP contribution in [0.1, 0.15) is 22.4 Å². The molecule has 1 unspecified atom stereocenters. The van der Waals surface area contributed by atoms with E-state index >= 15 is 0 Å². The standard InChI is InChI=1S/C19H19N3O3S/c1-21(11-14-6-4-10-26-14)16(23)12-22-17(24)19(20-18(22)25)9-8-13-5-2-3-7-15(13)19/h2-7,10H,8-9,11-12H2,1H3,(H,20,25). The molecule has 26 heavy (non-hydrogen) atoms. The molecule has 134 valence electrons. The van der Waals surface area contributed by atoms with Gasteiger partial charge in [0.1, 0.15) is 12.1 Å². The van der Waals surface area contributed by atoms with Gasteiger partial charge in [-0.1, -0.05) is 30.3 Å². The van der Waals surface area contributed by atoms with Gasteiger partial charge in [0.2, 0.25) is 5.91 Å². The predicted octanol–water partition coefficient (Wildman–Crippen LogP) is 2.10. The van der Waals surface area contributed by atoms with Crippen molar-refractivity contribution < 1.29 is 14.4 Å². The summed E-state index contributed by atoms with van der Waals surface area (Å²) in [7, 11) is 1.68. The zero-order valence-electron chi connectivity index (χ0n) is 14.4. The average Bonchev–Trinajstić information content (AvgIpc) is 3.32. The van der Waals surface area contributed by atoms with E-state index in [0.717, 1.165) is 27.3 Å². The molecule has 2 aliphatic rings. The Balaban J connectivity index is 1.51. The van der Waals surface area contributed by atoms with E-state index in [4.69, 9.17) is 0 Å². The van der Waals surface area contributed by atoms with Gasteiger partial charge in [-0.2, -0.15) is 0 Å². The lowest BCUT2D eigenvalue weighted by Gasteiger charge is -2.23. The summed E-state index contributed by atoms with van der Waals surface area (Å²) in [6.45, 7) is 0.227. The Labute approximate surface area is 155 Å². The number of carbonyl (C=O) groups is 3. The number of nitrogens with zero attached hydrogens (tertiary/aromatic N) is 2. The normalized spacial score (nSPS) is 21.2. The van der Waals surface area contributed by atoms with E-state index in [1.807, 2.05) is 41.8 Å². The van der Waals surface area contributed by atoms with E-state index in [0.29, 0.717) is 13.0 Å². The van der Waals surface area contributed by atoms with Crippen LogP contribution in [0.15, 0.2) is 41.8 Å². The second-order valence-corrected chi connectivity index (χ2v) is 7.75. The van der Waals surface area contributed by atoms with Crippen LogP contribution in [0, 0.1) is 0 Å². The number of carbonyl (C=O) groups excluding carboxylic acids is 3. The van der Waals surface area contributed by atoms with Crippen LogP contribution >= 0.6 is 11.3 Å². The van der Waals surface area contributed by atoms with Crippen LogP contribution in [0.3, 0.4) is 0 Å². The average molecular weight is 369 g/mol. The van der Waals surface area contributed by atoms with Crippen molar-refractivity contribution in [3.05, 3.63) is 57.8 Å². The van der Waals surface area contributed by atoms with Gasteiger partial charge < -0.3 is 10.2 Å². The number of nitrogens with one attached hydrogen (secondary N) is 1. The van der Waals surface area contributed by atoms with Gasteiger partial charge in [-0.15, -0.1) is 11.3 Å². The number of benzene rings is 1. The van der Waals surface area contributed by atoms with Crippen LogP contribution in [0.5, 0.6) is 0 Å². The van der Waals surface area contributed by atoms with Gasteiger partial charge in [0, 0.05) is 11.9 Å². The number of rotatable bonds is 4. The quantitative estimate of drug-likeness (QED) is 0.839. The Bertz CT molecular complexity index is 880. The van der Waals surface area contributed by atoms with Gasteiger partial charge in [0.05, 0.1) is 6.54 Å². The molecule has 1 spiro atoms. The van der Waals surface area contributed by atoms with Gasteiger partial charge in [-0.25, -0.2) is 4.79 Å². The zero-order valence-corrected chi connectivity index (χ0v) is 15.2. The highest BCUT2D eigenvalue weighted by Crippen LogP contribution is 2.41. The summed E-state index contributed by atoms with van der Waals surface area (Å²) in [5.74, 6) is -0.587. The molecule has 1 aliphatic heterocycles. The first-order chi connectivity index (χ1) is 12.5. The molecule has 1 aromatic heterocycles. The number of likely N-dealkylation sites (N-methyl/N-ethyl adjacent to an activating group) is 1. The molecule has 0 saturated carbocycles. The number of fused-ring (bicyclic) bond motifs is 2. The van der Waals surface area contributed by atoms with Crippen molar-refractivity contribution >= 4 is 29.2 Å². The topological polar surface area (TPSA) is 69.7 Å². The Morgan fingerprint density at radius 2 is 2.08 bits per heavy atom. The Morgan fingerprint density at radius 1 is 1.27 bits per heavy atom. The monoisotopic (exact) mass is 369 g/mol. The number of hydrogen-bond acceptors (Lipinski definition) is 4. The van der Waals surface area contributed by atoms with Gasteiger partial charge in [-0.3, -0.25) is 14.5 Å². The maximum atomic E-state index is 13.1. The molecule has 1 aromatic carbocycles. The number of aryl methyl sites for hydroxylation is 1. The number of urea groups is 1. The lowest BCUT2D eigenvalue weighted by Crippen LogP contribution is -2.44. The molecule has 4 rings (SSSR count). The maximum absolute atomic E-state index is 13.1.